The molecule has 7 heteroatoms. The van der Waals surface area contributed by atoms with Gasteiger partial charge in [-0.2, -0.15) is 0 Å². The molecule has 0 fully saturated rings. The van der Waals surface area contributed by atoms with Crippen molar-refractivity contribution in [1.29, 1.82) is 0 Å². The maximum atomic E-state index is 12.8. The first kappa shape index (κ1) is 17.7. The lowest BCUT2D eigenvalue weighted by Crippen LogP contribution is -2.43. The number of amides is 2. The van der Waals surface area contributed by atoms with E-state index in [1.165, 1.54) is 31.4 Å². The van der Waals surface area contributed by atoms with E-state index in [-0.39, 0.29) is 18.7 Å². The van der Waals surface area contributed by atoms with Crippen LogP contribution in [0.4, 0.5) is 4.39 Å². The molecule has 126 valence electrons. The maximum absolute atomic E-state index is 12.8. The van der Waals surface area contributed by atoms with Crippen molar-refractivity contribution in [2.75, 3.05) is 7.11 Å². The third kappa shape index (κ3) is 5.24. The van der Waals surface area contributed by atoms with Gasteiger partial charge in [0, 0.05) is 10.6 Å². The third-order valence-corrected chi connectivity index (χ3v) is 3.45. The van der Waals surface area contributed by atoms with Crippen molar-refractivity contribution in [3.63, 3.8) is 0 Å². The van der Waals surface area contributed by atoms with Crippen LogP contribution in [0.2, 0.25) is 5.02 Å². The molecule has 0 saturated heterocycles. The molecule has 2 rings (SSSR count). The summed E-state index contributed by atoms with van der Waals surface area (Å²) in [5.41, 5.74) is 5.88. The highest BCUT2D eigenvalue weighted by Gasteiger charge is 2.11. The molecule has 2 N–H and O–H groups in total. The first-order valence-corrected chi connectivity index (χ1v) is 7.50. The zero-order valence-corrected chi connectivity index (χ0v) is 13.7. The van der Waals surface area contributed by atoms with Crippen LogP contribution in [0, 0.1) is 5.82 Å². The minimum atomic E-state index is -0.414. The molecular weight excluding hydrogens is 335 g/mol. The van der Waals surface area contributed by atoms with Gasteiger partial charge in [-0.05, 0) is 35.9 Å². The van der Waals surface area contributed by atoms with Gasteiger partial charge in [-0.1, -0.05) is 23.7 Å². The van der Waals surface area contributed by atoms with Gasteiger partial charge in [0.15, 0.2) is 0 Å². The molecule has 0 aliphatic rings. The van der Waals surface area contributed by atoms with Crippen LogP contribution in [0.5, 0.6) is 5.75 Å². The van der Waals surface area contributed by atoms with Gasteiger partial charge in [-0.15, -0.1) is 0 Å². The quantitative estimate of drug-likeness (QED) is 0.814. The van der Waals surface area contributed by atoms with Gasteiger partial charge in [0.05, 0.1) is 20.0 Å². The Morgan fingerprint density at radius 1 is 1.04 bits per heavy atom. The molecule has 0 heterocycles. The highest BCUT2D eigenvalue weighted by Crippen LogP contribution is 2.22. The van der Waals surface area contributed by atoms with E-state index in [0.29, 0.717) is 21.9 Å². The summed E-state index contributed by atoms with van der Waals surface area (Å²) in [4.78, 5) is 23.7. The second kappa shape index (κ2) is 8.31. The van der Waals surface area contributed by atoms with E-state index in [1.807, 2.05) is 0 Å². The van der Waals surface area contributed by atoms with Crippen molar-refractivity contribution in [2.45, 2.75) is 12.8 Å². The SMILES string of the molecule is COc1ccc(Cl)cc1CC(=O)NNC(=O)Cc1ccc(F)cc1. The summed E-state index contributed by atoms with van der Waals surface area (Å²) < 4.78 is 18.0. The molecule has 0 unspecified atom stereocenters. The number of ether oxygens (including phenoxy) is 1. The number of carbonyl (C=O) groups excluding carboxylic acids is 2. The monoisotopic (exact) mass is 350 g/mol. The number of hydrogen-bond donors (Lipinski definition) is 2. The van der Waals surface area contributed by atoms with Gasteiger partial charge in [-0.3, -0.25) is 20.4 Å². The first-order valence-electron chi connectivity index (χ1n) is 7.12. The average Bonchev–Trinajstić information content (AvgIpc) is 2.55. The maximum Gasteiger partial charge on any atom is 0.242 e. The lowest BCUT2D eigenvalue weighted by molar-refractivity contribution is -0.128. The predicted molar refractivity (Wildman–Crippen MR) is 88.1 cm³/mol. The third-order valence-electron chi connectivity index (χ3n) is 3.21. The molecule has 0 aromatic heterocycles. The number of hydrogen-bond acceptors (Lipinski definition) is 3. The minimum Gasteiger partial charge on any atom is -0.496 e. The van der Waals surface area contributed by atoms with Crippen LogP contribution in [0.15, 0.2) is 42.5 Å². The van der Waals surface area contributed by atoms with Crippen LogP contribution >= 0.6 is 11.6 Å². The fourth-order valence-electron chi connectivity index (χ4n) is 2.07. The van der Waals surface area contributed by atoms with E-state index >= 15 is 0 Å². The van der Waals surface area contributed by atoms with Crippen molar-refractivity contribution in [3.05, 3.63) is 64.4 Å². The molecule has 2 amide bonds. The Bertz CT molecular complexity index is 735. The Hall–Kier alpha value is -2.60. The smallest absolute Gasteiger partial charge is 0.242 e. The molecule has 0 radical (unpaired) electrons. The summed E-state index contributed by atoms with van der Waals surface area (Å²) >= 11 is 5.90. The summed E-state index contributed by atoms with van der Waals surface area (Å²) in [6.45, 7) is 0. The predicted octanol–water partition coefficient (Wildman–Crippen LogP) is 2.42. The summed E-state index contributed by atoms with van der Waals surface area (Å²) in [7, 11) is 1.50. The van der Waals surface area contributed by atoms with Gasteiger partial charge in [-0.25, -0.2) is 4.39 Å². The Morgan fingerprint density at radius 2 is 1.67 bits per heavy atom. The van der Waals surface area contributed by atoms with E-state index in [0.717, 1.165) is 0 Å². The molecule has 0 aliphatic carbocycles. The van der Waals surface area contributed by atoms with Gasteiger partial charge in [0.1, 0.15) is 11.6 Å². The van der Waals surface area contributed by atoms with Crippen molar-refractivity contribution in [2.24, 2.45) is 0 Å². The lowest BCUT2D eigenvalue weighted by atomic mass is 10.1. The zero-order valence-electron chi connectivity index (χ0n) is 12.9. The highest BCUT2D eigenvalue weighted by atomic mass is 35.5. The number of hydrazine groups is 1. The number of rotatable bonds is 5. The average molecular weight is 351 g/mol. The van der Waals surface area contributed by atoms with E-state index in [4.69, 9.17) is 16.3 Å². The molecule has 5 nitrogen and oxygen atoms in total. The molecule has 0 aliphatic heterocycles. The normalized spacial score (nSPS) is 10.1. The summed E-state index contributed by atoms with van der Waals surface area (Å²) in [5, 5.41) is 0.485. The van der Waals surface area contributed by atoms with Crippen LogP contribution in [0.1, 0.15) is 11.1 Å². The van der Waals surface area contributed by atoms with Gasteiger partial charge in [0.2, 0.25) is 11.8 Å². The molecule has 2 aromatic rings. The largest absolute Gasteiger partial charge is 0.496 e. The van der Waals surface area contributed by atoms with Crippen molar-refractivity contribution in [3.8, 4) is 5.75 Å². The first-order chi connectivity index (χ1) is 11.5. The zero-order chi connectivity index (χ0) is 17.5. The van der Waals surface area contributed by atoms with Crippen LogP contribution in [0.3, 0.4) is 0 Å². The topological polar surface area (TPSA) is 67.4 Å². The Kier molecular flexibility index (Phi) is 6.14. The Balaban J connectivity index is 1.85. The van der Waals surface area contributed by atoms with Crippen LogP contribution in [-0.2, 0) is 22.4 Å². The molecule has 0 spiro atoms. The fraction of sp³-hybridized carbons (Fsp3) is 0.176. The number of halogens is 2. The lowest BCUT2D eigenvalue weighted by Gasteiger charge is -2.10. The van der Waals surface area contributed by atoms with E-state index in [9.17, 15) is 14.0 Å². The minimum absolute atomic E-state index is 0.000557. The fourth-order valence-corrected chi connectivity index (χ4v) is 2.27. The van der Waals surface area contributed by atoms with Gasteiger partial charge < -0.3 is 4.74 Å². The molecule has 2 aromatic carbocycles. The number of methoxy groups -OCH3 is 1. The van der Waals surface area contributed by atoms with Crippen molar-refractivity contribution >= 4 is 23.4 Å². The van der Waals surface area contributed by atoms with Gasteiger partial charge >= 0.3 is 0 Å². The second-order valence-corrected chi connectivity index (χ2v) is 5.47. The number of nitrogens with one attached hydrogen (secondary N) is 2. The number of carbonyl (C=O) groups is 2. The standard InChI is InChI=1S/C17H16ClFN2O3/c1-24-15-7-4-13(18)9-12(15)10-17(23)21-20-16(22)8-11-2-5-14(19)6-3-11/h2-7,9H,8,10H2,1H3,(H,20,22)(H,21,23). The van der Waals surface area contributed by atoms with Crippen LogP contribution in [0.25, 0.3) is 0 Å². The van der Waals surface area contributed by atoms with E-state index in [2.05, 4.69) is 10.9 Å². The van der Waals surface area contributed by atoms with Crippen molar-refractivity contribution in [1.82, 2.24) is 10.9 Å². The molecule has 24 heavy (non-hydrogen) atoms. The molecule has 0 bridgehead atoms. The summed E-state index contributed by atoms with van der Waals surface area (Å²) in [5.74, 6) is -0.661. The molecule has 0 saturated carbocycles. The molecular formula is C17H16ClFN2O3. The Labute approximate surface area is 143 Å². The van der Waals surface area contributed by atoms with E-state index < -0.39 is 11.8 Å². The summed E-state index contributed by atoms with van der Waals surface area (Å²) in [6, 6.07) is 10.5. The van der Waals surface area contributed by atoms with Crippen LogP contribution < -0.4 is 15.6 Å². The Morgan fingerprint density at radius 3 is 2.29 bits per heavy atom. The summed E-state index contributed by atoms with van der Waals surface area (Å²) in [6.07, 6.45) is 0.0294. The van der Waals surface area contributed by atoms with Gasteiger partial charge in [0.25, 0.3) is 0 Å². The van der Waals surface area contributed by atoms with Crippen LogP contribution in [-0.4, -0.2) is 18.9 Å². The number of benzene rings is 2. The highest BCUT2D eigenvalue weighted by molar-refractivity contribution is 6.30. The van der Waals surface area contributed by atoms with E-state index in [1.54, 1.807) is 18.2 Å². The van der Waals surface area contributed by atoms with Crippen molar-refractivity contribution < 1.29 is 18.7 Å². The second-order valence-electron chi connectivity index (χ2n) is 5.03. The molecule has 0 atom stereocenters.